The van der Waals surface area contributed by atoms with Crippen LogP contribution < -0.4 is 0 Å². The van der Waals surface area contributed by atoms with Crippen LogP contribution in [-0.2, 0) is 11.3 Å². The fourth-order valence-corrected chi connectivity index (χ4v) is 1.94. The number of nitrogens with zero attached hydrogens (tertiary/aromatic N) is 3. The third-order valence-corrected chi connectivity index (χ3v) is 3.02. The van der Waals surface area contributed by atoms with Gasteiger partial charge < -0.3 is 9.26 Å². The molecule has 0 spiro atoms. The molecule has 2 heterocycles. The maximum Gasteiger partial charge on any atom is 0.229 e. The third-order valence-electron chi connectivity index (χ3n) is 3.02. The highest BCUT2D eigenvalue weighted by molar-refractivity contribution is 4.91. The van der Waals surface area contributed by atoms with Crippen LogP contribution in [0.1, 0.15) is 44.8 Å². The summed E-state index contributed by atoms with van der Waals surface area (Å²) in [5.41, 5.74) is 0. The van der Waals surface area contributed by atoms with Crippen LogP contribution in [0.25, 0.3) is 0 Å². The second-order valence-electron chi connectivity index (χ2n) is 4.84. The summed E-state index contributed by atoms with van der Waals surface area (Å²) in [6.07, 6.45) is 1.40. The van der Waals surface area contributed by atoms with Gasteiger partial charge in [0.1, 0.15) is 0 Å². The minimum atomic E-state index is 0.296. The van der Waals surface area contributed by atoms with Crippen molar-refractivity contribution in [1.29, 1.82) is 0 Å². The number of hydrogen-bond donors (Lipinski definition) is 0. The summed E-state index contributed by atoms with van der Waals surface area (Å²) in [6, 6.07) is 0. The summed E-state index contributed by atoms with van der Waals surface area (Å²) in [5.74, 6) is 1.80. The normalized spacial score (nSPS) is 22.2. The molecule has 2 rings (SSSR count). The summed E-state index contributed by atoms with van der Waals surface area (Å²) in [6.45, 7) is 9.73. The van der Waals surface area contributed by atoms with Crippen LogP contribution in [0.3, 0.4) is 0 Å². The monoisotopic (exact) mass is 239 g/mol. The summed E-state index contributed by atoms with van der Waals surface area (Å²) in [5, 5.41) is 4.01. The van der Waals surface area contributed by atoms with Gasteiger partial charge in [0.15, 0.2) is 5.82 Å². The van der Waals surface area contributed by atoms with Crippen molar-refractivity contribution in [3.63, 3.8) is 0 Å². The van der Waals surface area contributed by atoms with Gasteiger partial charge in [-0.15, -0.1) is 0 Å². The molecule has 1 aliphatic rings. The average molecular weight is 239 g/mol. The minimum absolute atomic E-state index is 0.296. The predicted octanol–water partition coefficient (Wildman–Crippen LogP) is 1.80. The lowest BCUT2D eigenvalue weighted by molar-refractivity contribution is -0.0333. The van der Waals surface area contributed by atoms with Gasteiger partial charge >= 0.3 is 0 Å². The van der Waals surface area contributed by atoms with Crippen molar-refractivity contribution < 1.29 is 9.26 Å². The Kier molecular flexibility index (Phi) is 4.12. The molecule has 1 saturated heterocycles. The van der Waals surface area contributed by atoms with Crippen LogP contribution in [-0.4, -0.2) is 40.8 Å². The van der Waals surface area contributed by atoms with Gasteiger partial charge in [-0.3, -0.25) is 4.90 Å². The lowest BCUT2D eigenvalue weighted by Gasteiger charge is -2.31. The van der Waals surface area contributed by atoms with Crippen molar-refractivity contribution in [3.8, 4) is 0 Å². The first kappa shape index (κ1) is 12.5. The first-order valence-electron chi connectivity index (χ1n) is 6.35. The van der Waals surface area contributed by atoms with E-state index in [0.29, 0.717) is 12.0 Å². The second-order valence-corrected chi connectivity index (χ2v) is 4.84. The number of rotatable bonds is 4. The zero-order valence-electron chi connectivity index (χ0n) is 10.8. The van der Waals surface area contributed by atoms with Crippen LogP contribution in [0.5, 0.6) is 0 Å². The van der Waals surface area contributed by atoms with Gasteiger partial charge in [0, 0.05) is 19.0 Å². The fraction of sp³-hybridized carbons (Fsp3) is 0.833. The molecular formula is C12H21N3O2. The second kappa shape index (κ2) is 5.60. The van der Waals surface area contributed by atoms with Crippen LogP contribution in [0, 0.1) is 0 Å². The molecule has 1 aromatic heterocycles. The Labute approximate surface area is 102 Å². The summed E-state index contributed by atoms with van der Waals surface area (Å²) >= 11 is 0. The molecule has 1 unspecified atom stereocenters. The van der Waals surface area contributed by atoms with E-state index in [1.165, 1.54) is 0 Å². The van der Waals surface area contributed by atoms with Crippen LogP contribution in [0.4, 0.5) is 0 Å². The van der Waals surface area contributed by atoms with Crippen molar-refractivity contribution >= 4 is 0 Å². The molecule has 1 fully saturated rings. The molecule has 5 nitrogen and oxygen atoms in total. The highest BCUT2D eigenvalue weighted by atomic mass is 16.5. The van der Waals surface area contributed by atoms with Crippen molar-refractivity contribution in [1.82, 2.24) is 15.0 Å². The smallest absolute Gasteiger partial charge is 0.229 e. The number of aromatic nitrogens is 2. The van der Waals surface area contributed by atoms with Crippen LogP contribution in [0.2, 0.25) is 0 Å². The SMILES string of the molecule is CCC1CN(Cc2noc(C(C)C)n2)CCO1. The fourth-order valence-electron chi connectivity index (χ4n) is 1.94. The molecule has 1 atom stereocenters. The number of morpholine rings is 1. The molecule has 0 bridgehead atoms. The molecule has 0 amide bonds. The molecule has 96 valence electrons. The van der Waals surface area contributed by atoms with Gasteiger partial charge in [-0.25, -0.2) is 0 Å². The maximum atomic E-state index is 5.63. The highest BCUT2D eigenvalue weighted by Gasteiger charge is 2.20. The summed E-state index contributed by atoms with van der Waals surface area (Å²) in [4.78, 5) is 6.72. The van der Waals surface area contributed by atoms with E-state index < -0.39 is 0 Å². The van der Waals surface area contributed by atoms with E-state index in [4.69, 9.17) is 9.26 Å². The zero-order chi connectivity index (χ0) is 12.3. The van der Waals surface area contributed by atoms with E-state index in [0.717, 1.165) is 44.4 Å². The standard InChI is InChI=1S/C12H21N3O2/c1-4-10-7-15(5-6-16-10)8-11-13-12(9(2)3)17-14-11/h9-10H,4-8H2,1-3H3. The van der Waals surface area contributed by atoms with Gasteiger partial charge in [0.2, 0.25) is 5.89 Å². The maximum absolute atomic E-state index is 5.63. The lowest BCUT2D eigenvalue weighted by atomic mass is 10.2. The Balaban J connectivity index is 1.91. The highest BCUT2D eigenvalue weighted by Crippen LogP contribution is 2.14. The van der Waals surface area contributed by atoms with Crippen molar-refractivity contribution in [2.45, 2.75) is 45.8 Å². The lowest BCUT2D eigenvalue weighted by Crippen LogP contribution is -2.41. The van der Waals surface area contributed by atoms with Gasteiger partial charge in [0.05, 0.1) is 19.3 Å². The van der Waals surface area contributed by atoms with Crippen molar-refractivity contribution in [2.75, 3.05) is 19.7 Å². The van der Waals surface area contributed by atoms with E-state index in [1.54, 1.807) is 0 Å². The molecule has 0 aromatic carbocycles. The van der Waals surface area contributed by atoms with E-state index in [9.17, 15) is 0 Å². The quantitative estimate of drug-likeness (QED) is 0.802. The van der Waals surface area contributed by atoms with Crippen molar-refractivity contribution in [2.24, 2.45) is 0 Å². The van der Waals surface area contributed by atoms with E-state index >= 15 is 0 Å². The third kappa shape index (κ3) is 3.26. The Morgan fingerprint density at radius 1 is 1.47 bits per heavy atom. The Bertz CT molecular complexity index is 351. The molecular weight excluding hydrogens is 218 g/mol. The van der Waals surface area contributed by atoms with Gasteiger partial charge in [0.25, 0.3) is 0 Å². The molecule has 0 aliphatic carbocycles. The minimum Gasteiger partial charge on any atom is -0.376 e. The van der Waals surface area contributed by atoms with Crippen LogP contribution in [0.15, 0.2) is 4.52 Å². The van der Waals surface area contributed by atoms with Gasteiger partial charge in [-0.05, 0) is 6.42 Å². The predicted molar refractivity (Wildman–Crippen MR) is 63.7 cm³/mol. The largest absolute Gasteiger partial charge is 0.376 e. The Morgan fingerprint density at radius 3 is 2.94 bits per heavy atom. The molecule has 1 aliphatic heterocycles. The van der Waals surface area contributed by atoms with E-state index in [2.05, 4.69) is 35.8 Å². The topological polar surface area (TPSA) is 51.4 Å². The van der Waals surface area contributed by atoms with Gasteiger partial charge in [-0.1, -0.05) is 25.9 Å². The van der Waals surface area contributed by atoms with Gasteiger partial charge in [-0.2, -0.15) is 4.98 Å². The average Bonchev–Trinajstić information content (AvgIpc) is 2.78. The Hall–Kier alpha value is -0.940. The molecule has 5 heteroatoms. The molecule has 0 N–H and O–H groups in total. The zero-order valence-corrected chi connectivity index (χ0v) is 10.8. The van der Waals surface area contributed by atoms with E-state index in [-0.39, 0.29) is 0 Å². The Morgan fingerprint density at radius 2 is 2.29 bits per heavy atom. The summed E-state index contributed by atoms with van der Waals surface area (Å²) in [7, 11) is 0. The van der Waals surface area contributed by atoms with E-state index in [1.807, 2.05) is 0 Å². The number of ether oxygens (including phenoxy) is 1. The molecule has 1 aromatic rings. The molecule has 0 radical (unpaired) electrons. The molecule has 17 heavy (non-hydrogen) atoms. The molecule has 0 saturated carbocycles. The summed E-state index contributed by atoms with van der Waals surface area (Å²) < 4.78 is 10.8. The van der Waals surface area contributed by atoms with Crippen LogP contribution >= 0.6 is 0 Å². The van der Waals surface area contributed by atoms with Crippen molar-refractivity contribution in [3.05, 3.63) is 11.7 Å². The number of hydrogen-bond acceptors (Lipinski definition) is 5. The first-order chi connectivity index (χ1) is 8.19. The first-order valence-corrected chi connectivity index (χ1v) is 6.35.